The molecule has 0 spiro atoms. The molecule has 0 bridgehead atoms. The molecule has 0 saturated carbocycles. The van der Waals surface area contributed by atoms with Gasteiger partial charge in [0.1, 0.15) is 0 Å². The van der Waals surface area contributed by atoms with Crippen molar-refractivity contribution in [1.29, 1.82) is 0 Å². The maximum atomic E-state index is 12.8. The third-order valence-corrected chi connectivity index (χ3v) is 4.90. The molecule has 1 atom stereocenters. The van der Waals surface area contributed by atoms with E-state index in [1.165, 1.54) is 0 Å². The third kappa shape index (κ3) is 3.84. The van der Waals surface area contributed by atoms with Crippen molar-refractivity contribution in [3.63, 3.8) is 0 Å². The number of carbonyl (C=O) groups excluding carboxylic acids is 1. The van der Waals surface area contributed by atoms with Crippen LogP contribution in [0.1, 0.15) is 31.4 Å². The lowest BCUT2D eigenvalue weighted by Gasteiger charge is -2.36. The lowest BCUT2D eigenvalue weighted by Crippen LogP contribution is -2.50. The number of hydrogen-bond acceptors (Lipinski definition) is 3. The Morgan fingerprint density at radius 1 is 1.43 bits per heavy atom. The standard InChI is InChI=1S/C16H23BrN2O2/c1-12(13-5-3-4-6-14(13)17)19-15(20)16(11-21-2)7-9-18-10-8-16/h3-6,12,18H,7-11H2,1-2H3,(H,19,20)/t12-/m0/s1. The fourth-order valence-electron chi connectivity index (χ4n) is 2.87. The third-order valence-electron chi connectivity index (χ3n) is 4.18. The van der Waals surface area contributed by atoms with E-state index in [1.54, 1.807) is 7.11 Å². The summed E-state index contributed by atoms with van der Waals surface area (Å²) in [5.41, 5.74) is 0.683. The summed E-state index contributed by atoms with van der Waals surface area (Å²) in [7, 11) is 1.66. The molecule has 1 aliphatic heterocycles. The van der Waals surface area contributed by atoms with Crippen LogP contribution in [0.15, 0.2) is 28.7 Å². The molecule has 2 rings (SSSR count). The average Bonchev–Trinajstić information content (AvgIpc) is 2.48. The summed E-state index contributed by atoms with van der Waals surface area (Å²) < 4.78 is 6.34. The number of hydrogen-bond donors (Lipinski definition) is 2. The van der Waals surface area contributed by atoms with E-state index in [2.05, 4.69) is 26.6 Å². The summed E-state index contributed by atoms with van der Waals surface area (Å²) in [5.74, 6) is 0.0918. The molecule has 1 aliphatic rings. The van der Waals surface area contributed by atoms with E-state index in [0.29, 0.717) is 6.61 Å². The van der Waals surface area contributed by atoms with Crippen molar-refractivity contribution < 1.29 is 9.53 Å². The molecule has 0 radical (unpaired) electrons. The van der Waals surface area contributed by atoms with Gasteiger partial charge >= 0.3 is 0 Å². The van der Waals surface area contributed by atoms with Crippen LogP contribution in [0.3, 0.4) is 0 Å². The molecule has 21 heavy (non-hydrogen) atoms. The molecule has 1 aromatic carbocycles. The van der Waals surface area contributed by atoms with Gasteiger partial charge in [0, 0.05) is 11.6 Å². The Balaban J connectivity index is 2.10. The normalized spacial score (nSPS) is 19.0. The Hall–Kier alpha value is -0.910. The highest BCUT2D eigenvalue weighted by atomic mass is 79.9. The molecular formula is C16H23BrN2O2. The number of methoxy groups -OCH3 is 1. The summed E-state index contributed by atoms with van der Waals surface area (Å²) in [6.45, 7) is 4.21. The predicted molar refractivity (Wildman–Crippen MR) is 87.1 cm³/mol. The Kier molecular flexibility index (Phi) is 5.79. The van der Waals surface area contributed by atoms with Gasteiger partial charge in [-0.3, -0.25) is 4.79 Å². The molecule has 116 valence electrons. The lowest BCUT2D eigenvalue weighted by atomic mass is 9.78. The van der Waals surface area contributed by atoms with Crippen LogP contribution in [0.2, 0.25) is 0 Å². The first-order chi connectivity index (χ1) is 10.1. The van der Waals surface area contributed by atoms with E-state index < -0.39 is 5.41 Å². The van der Waals surface area contributed by atoms with Gasteiger partial charge < -0.3 is 15.4 Å². The van der Waals surface area contributed by atoms with Gasteiger partial charge in [0.2, 0.25) is 5.91 Å². The topological polar surface area (TPSA) is 50.4 Å². The first-order valence-corrected chi connectivity index (χ1v) is 8.13. The molecule has 1 heterocycles. The molecular weight excluding hydrogens is 332 g/mol. The second-order valence-electron chi connectivity index (χ2n) is 5.68. The van der Waals surface area contributed by atoms with Crippen molar-refractivity contribution >= 4 is 21.8 Å². The van der Waals surface area contributed by atoms with Crippen molar-refractivity contribution in [2.75, 3.05) is 26.8 Å². The zero-order chi connectivity index (χ0) is 15.3. The molecule has 1 fully saturated rings. The first kappa shape index (κ1) is 16.5. The molecule has 0 aliphatic carbocycles. The van der Waals surface area contributed by atoms with Gasteiger partial charge in [-0.1, -0.05) is 34.1 Å². The van der Waals surface area contributed by atoms with Crippen LogP contribution in [0.5, 0.6) is 0 Å². The largest absolute Gasteiger partial charge is 0.384 e. The minimum atomic E-state index is -0.407. The second kappa shape index (κ2) is 7.38. The first-order valence-electron chi connectivity index (χ1n) is 7.34. The summed E-state index contributed by atoms with van der Waals surface area (Å²) in [6, 6.07) is 7.95. The number of rotatable bonds is 5. The lowest BCUT2D eigenvalue weighted by molar-refractivity contribution is -0.136. The minimum absolute atomic E-state index is 0.0308. The Morgan fingerprint density at radius 2 is 2.10 bits per heavy atom. The van der Waals surface area contributed by atoms with Gasteiger partial charge in [0.15, 0.2) is 0 Å². The van der Waals surface area contributed by atoms with Gasteiger partial charge in [-0.15, -0.1) is 0 Å². The average molecular weight is 355 g/mol. The van der Waals surface area contributed by atoms with Crippen LogP contribution < -0.4 is 10.6 Å². The maximum absolute atomic E-state index is 12.8. The zero-order valence-electron chi connectivity index (χ0n) is 12.6. The van der Waals surface area contributed by atoms with Gasteiger partial charge in [0.05, 0.1) is 18.1 Å². The molecule has 2 N–H and O–H groups in total. The fraction of sp³-hybridized carbons (Fsp3) is 0.562. The van der Waals surface area contributed by atoms with Crippen LogP contribution in [-0.4, -0.2) is 32.7 Å². The molecule has 1 saturated heterocycles. The highest BCUT2D eigenvalue weighted by Crippen LogP contribution is 2.31. The van der Waals surface area contributed by atoms with E-state index in [9.17, 15) is 4.79 Å². The van der Waals surface area contributed by atoms with E-state index >= 15 is 0 Å². The zero-order valence-corrected chi connectivity index (χ0v) is 14.2. The summed E-state index contributed by atoms with van der Waals surface area (Å²) in [4.78, 5) is 12.8. The highest BCUT2D eigenvalue weighted by Gasteiger charge is 2.40. The van der Waals surface area contributed by atoms with Crippen LogP contribution in [0, 0.1) is 5.41 Å². The number of amides is 1. The maximum Gasteiger partial charge on any atom is 0.229 e. The molecule has 1 aromatic rings. The van der Waals surface area contributed by atoms with E-state index in [1.807, 2.05) is 31.2 Å². The Morgan fingerprint density at radius 3 is 2.71 bits per heavy atom. The SMILES string of the molecule is COCC1(C(=O)N[C@@H](C)c2ccccc2Br)CCNCC1. The Bertz CT molecular complexity index is 481. The summed E-state index contributed by atoms with van der Waals surface area (Å²) >= 11 is 3.54. The number of benzene rings is 1. The fourth-order valence-corrected chi connectivity index (χ4v) is 3.50. The number of piperidine rings is 1. The van der Waals surface area contributed by atoms with Crippen molar-refractivity contribution in [2.45, 2.75) is 25.8 Å². The van der Waals surface area contributed by atoms with Gasteiger partial charge in [0.25, 0.3) is 0 Å². The van der Waals surface area contributed by atoms with Crippen molar-refractivity contribution in [1.82, 2.24) is 10.6 Å². The monoisotopic (exact) mass is 354 g/mol. The number of nitrogens with one attached hydrogen (secondary N) is 2. The van der Waals surface area contributed by atoms with Gasteiger partial charge in [-0.2, -0.15) is 0 Å². The van der Waals surface area contributed by atoms with E-state index in [0.717, 1.165) is 36.0 Å². The van der Waals surface area contributed by atoms with Crippen molar-refractivity contribution in [2.24, 2.45) is 5.41 Å². The molecule has 5 heteroatoms. The number of carbonyl (C=O) groups is 1. The van der Waals surface area contributed by atoms with Gasteiger partial charge in [-0.25, -0.2) is 0 Å². The van der Waals surface area contributed by atoms with Crippen molar-refractivity contribution in [3.05, 3.63) is 34.3 Å². The van der Waals surface area contributed by atoms with Crippen LogP contribution in [-0.2, 0) is 9.53 Å². The molecule has 0 aromatic heterocycles. The molecule has 0 unspecified atom stereocenters. The summed E-state index contributed by atoms with van der Waals surface area (Å²) in [5, 5.41) is 6.46. The number of ether oxygens (including phenoxy) is 1. The van der Waals surface area contributed by atoms with Crippen LogP contribution in [0.25, 0.3) is 0 Å². The quantitative estimate of drug-likeness (QED) is 0.854. The van der Waals surface area contributed by atoms with E-state index in [-0.39, 0.29) is 11.9 Å². The minimum Gasteiger partial charge on any atom is -0.384 e. The highest BCUT2D eigenvalue weighted by molar-refractivity contribution is 9.10. The second-order valence-corrected chi connectivity index (χ2v) is 6.53. The van der Waals surface area contributed by atoms with Crippen molar-refractivity contribution in [3.8, 4) is 0 Å². The van der Waals surface area contributed by atoms with Crippen LogP contribution in [0.4, 0.5) is 0 Å². The Labute approximate surface area is 134 Å². The van der Waals surface area contributed by atoms with E-state index in [4.69, 9.17) is 4.74 Å². The van der Waals surface area contributed by atoms with Gasteiger partial charge in [-0.05, 0) is 44.5 Å². The predicted octanol–water partition coefficient (Wildman–Crippen LogP) is 2.64. The molecule has 1 amide bonds. The smallest absolute Gasteiger partial charge is 0.229 e. The summed E-state index contributed by atoms with van der Waals surface area (Å²) in [6.07, 6.45) is 1.63. The van der Waals surface area contributed by atoms with Crippen LogP contribution >= 0.6 is 15.9 Å². The molecule has 4 nitrogen and oxygen atoms in total. The number of halogens is 1.